The zero-order valence-corrected chi connectivity index (χ0v) is 26.4. The number of hydrogen-bond acceptors (Lipinski definition) is 9. The third kappa shape index (κ3) is 6.50. The Kier molecular flexibility index (Phi) is 9.40. The van der Waals surface area contributed by atoms with Gasteiger partial charge in [0.25, 0.3) is 5.56 Å². The summed E-state index contributed by atoms with van der Waals surface area (Å²) in [5, 5.41) is 9.50. The van der Waals surface area contributed by atoms with Crippen molar-refractivity contribution in [2.75, 3.05) is 20.8 Å². The molecule has 10 nitrogen and oxygen atoms in total. The van der Waals surface area contributed by atoms with Crippen molar-refractivity contribution in [3.63, 3.8) is 0 Å². The van der Waals surface area contributed by atoms with Crippen LogP contribution in [0.2, 0.25) is 5.02 Å². The number of rotatable bonds is 10. The number of aromatic carboxylic acids is 1. The van der Waals surface area contributed by atoms with Crippen LogP contribution < -0.4 is 29.1 Å². The molecule has 1 N–H and O–H groups in total. The minimum Gasteiger partial charge on any atom is -0.497 e. The molecule has 0 bridgehead atoms. The highest BCUT2D eigenvalue weighted by atomic mass is 35.5. The Morgan fingerprint density at radius 2 is 1.87 bits per heavy atom. The number of allylic oxidation sites excluding steroid dienone is 1. The largest absolute Gasteiger partial charge is 0.497 e. The maximum atomic E-state index is 14.0. The van der Waals surface area contributed by atoms with E-state index in [1.54, 1.807) is 69.5 Å². The molecule has 3 aromatic carbocycles. The smallest absolute Gasteiger partial charge is 0.338 e. The number of aromatic nitrogens is 1. The van der Waals surface area contributed by atoms with Crippen LogP contribution in [0.5, 0.6) is 17.2 Å². The maximum Gasteiger partial charge on any atom is 0.338 e. The topological polar surface area (TPSA) is 126 Å². The van der Waals surface area contributed by atoms with Gasteiger partial charge in [-0.1, -0.05) is 47.2 Å². The average molecular weight is 649 g/mol. The molecule has 0 saturated carbocycles. The Bertz CT molecular complexity index is 2010. The lowest BCUT2D eigenvalue weighted by Gasteiger charge is -2.25. The molecule has 1 aliphatic rings. The van der Waals surface area contributed by atoms with Crippen LogP contribution in [0.15, 0.2) is 81.7 Å². The molecule has 1 aliphatic heterocycles. The third-order valence-corrected chi connectivity index (χ3v) is 8.30. The summed E-state index contributed by atoms with van der Waals surface area (Å²) in [5.74, 6) is -0.421. The van der Waals surface area contributed by atoms with E-state index in [-0.39, 0.29) is 40.7 Å². The van der Waals surface area contributed by atoms with E-state index in [1.807, 2.05) is 6.07 Å². The van der Waals surface area contributed by atoms with Crippen molar-refractivity contribution in [2.24, 2.45) is 4.99 Å². The fourth-order valence-corrected chi connectivity index (χ4v) is 6.30. The number of thiazole rings is 1. The predicted molar refractivity (Wildman–Crippen MR) is 169 cm³/mol. The summed E-state index contributed by atoms with van der Waals surface area (Å²) in [4.78, 5) is 43.5. The van der Waals surface area contributed by atoms with Gasteiger partial charge in [-0.05, 0) is 73.0 Å². The van der Waals surface area contributed by atoms with Gasteiger partial charge in [0, 0.05) is 0 Å². The fraction of sp³-hybridized carbons (Fsp3) is 0.212. The summed E-state index contributed by atoms with van der Waals surface area (Å²) in [7, 11) is 3.01. The molecule has 0 spiro atoms. The number of halogens is 1. The summed E-state index contributed by atoms with van der Waals surface area (Å²) < 4.78 is 24.1. The van der Waals surface area contributed by atoms with Gasteiger partial charge in [0.1, 0.15) is 12.4 Å². The molecular weight excluding hydrogens is 620 g/mol. The molecule has 5 rings (SSSR count). The highest BCUT2D eigenvalue weighted by Crippen LogP contribution is 2.37. The molecule has 1 aromatic heterocycles. The second-order valence-electron chi connectivity index (χ2n) is 9.91. The molecule has 0 saturated heterocycles. The Morgan fingerprint density at radius 3 is 2.58 bits per heavy atom. The van der Waals surface area contributed by atoms with Crippen molar-refractivity contribution in [1.82, 2.24) is 4.57 Å². The third-order valence-electron chi connectivity index (χ3n) is 7.03. The SMILES string of the molecule is CCOC(=O)C1=C(C)N=c2s/c(=C/c3cc(Cl)c(OCc4cccc(C(=O)O)c4)c(OC)c3)c(=O)n2[C@@H]1c1cccc(OC)c1. The minimum atomic E-state index is -1.04. The monoisotopic (exact) mass is 648 g/mol. The van der Waals surface area contributed by atoms with Crippen LogP contribution in [-0.4, -0.2) is 42.4 Å². The minimum absolute atomic E-state index is 0.0571. The molecule has 0 amide bonds. The van der Waals surface area contributed by atoms with Crippen molar-refractivity contribution in [3.05, 3.63) is 119 Å². The van der Waals surface area contributed by atoms with Crippen LogP contribution in [0, 0.1) is 0 Å². The van der Waals surface area contributed by atoms with Gasteiger partial charge in [-0.15, -0.1) is 0 Å². The molecule has 2 heterocycles. The zero-order valence-electron chi connectivity index (χ0n) is 24.8. The highest BCUT2D eigenvalue weighted by molar-refractivity contribution is 7.07. The van der Waals surface area contributed by atoms with Crippen molar-refractivity contribution >= 4 is 41.0 Å². The molecule has 1 atom stereocenters. The fourth-order valence-electron chi connectivity index (χ4n) is 4.98. The average Bonchev–Trinajstić information content (AvgIpc) is 3.33. The Hall–Kier alpha value is -4.87. The van der Waals surface area contributed by atoms with Crippen LogP contribution in [0.1, 0.15) is 46.9 Å². The quantitative estimate of drug-likeness (QED) is 0.244. The molecular formula is C33H29ClN2O8S. The van der Waals surface area contributed by atoms with Gasteiger partial charge < -0.3 is 24.1 Å². The maximum absolute atomic E-state index is 14.0. The molecule has 232 valence electrons. The number of carboxylic acid groups (broad SMARTS) is 1. The van der Waals surface area contributed by atoms with Gasteiger partial charge in [-0.25, -0.2) is 14.6 Å². The van der Waals surface area contributed by atoms with Crippen LogP contribution >= 0.6 is 22.9 Å². The molecule has 0 aliphatic carbocycles. The van der Waals surface area contributed by atoms with Crippen molar-refractivity contribution in [2.45, 2.75) is 26.5 Å². The molecule has 0 unspecified atom stereocenters. The highest BCUT2D eigenvalue weighted by Gasteiger charge is 2.33. The van der Waals surface area contributed by atoms with Gasteiger partial charge in [-0.3, -0.25) is 9.36 Å². The van der Waals surface area contributed by atoms with E-state index >= 15 is 0 Å². The summed E-state index contributed by atoms with van der Waals surface area (Å²) in [6.07, 6.45) is 1.67. The molecule has 4 aromatic rings. The van der Waals surface area contributed by atoms with E-state index in [0.29, 0.717) is 43.2 Å². The number of benzene rings is 3. The number of hydrogen-bond donors (Lipinski definition) is 1. The number of methoxy groups -OCH3 is 2. The number of nitrogens with zero attached hydrogens (tertiary/aromatic N) is 2. The molecule has 0 radical (unpaired) electrons. The summed E-state index contributed by atoms with van der Waals surface area (Å²) in [5.41, 5.74) is 2.39. The first-order chi connectivity index (χ1) is 21.6. The molecule has 12 heteroatoms. The first-order valence-corrected chi connectivity index (χ1v) is 15.0. The van der Waals surface area contributed by atoms with E-state index in [4.69, 9.17) is 30.5 Å². The summed E-state index contributed by atoms with van der Waals surface area (Å²) in [6, 6.07) is 16.1. The molecule has 0 fully saturated rings. The second-order valence-corrected chi connectivity index (χ2v) is 11.3. The summed E-state index contributed by atoms with van der Waals surface area (Å²) >= 11 is 7.79. The van der Waals surface area contributed by atoms with Gasteiger partial charge in [0.15, 0.2) is 16.3 Å². The second kappa shape index (κ2) is 13.4. The Labute approximate surface area is 267 Å². The van der Waals surface area contributed by atoms with E-state index in [2.05, 4.69) is 4.99 Å². The summed E-state index contributed by atoms with van der Waals surface area (Å²) in [6.45, 7) is 3.66. The first-order valence-electron chi connectivity index (χ1n) is 13.8. The van der Waals surface area contributed by atoms with E-state index in [1.165, 1.54) is 35.1 Å². The lowest BCUT2D eigenvalue weighted by molar-refractivity contribution is -0.139. The lowest BCUT2D eigenvalue weighted by atomic mass is 9.95. The number of esters is 1. The van der Waals surface area contributed by atoms with Gasteiger partial charge in [0.2, 0.25) is 0 Å². The number of ether oxygens (including phenoxy) is 4. The van der Waals surface area contributed by atoms with Crippen molar-refractivity contribution < 1.29 is 33.6 Å². The van der Waals surface area contributed by atoms with Crippen molar-refractivity contribution in [3.8, 4) is 17.2 Å². The first kappa shape index (κ1) is 31.6. The van der Waals surface area contributed by atoms with Gasteiger partial charge in [-0.2, -0.15) is 0 Å². The normalized spacial score (nSPS) is 14.4. The Balaban J connectivity index is 1.56. The van der Waals surface area contributed by atoms with Crippen molar-refractivity contribution in [1.29, 1.82) is 0 Å². The van der Waals surface area contributed by atoms with Crippen LogP contribution in [-0.2, 0) is 16.1 Å². The number of fused-ring (bicyclic) bond motifs is 1. The zero-order chi connectivity index (χ0) is 32.2. The van der Waals surface area contributed by atoms with Crippen LogP contribution in [0.25, 0.3) is 6.08 Å². The standard InChI is InChI=1S/C33H29ClN2O8S/c1-5-43-32(40)27-18(2)35-33-36(28(27)21-9-7-11-23(16-21)41-3)30(37)26(45-33)15-20-13-24(34)29(25(14-20)42-4)44-17-19-8-6-10-22(12-19)31(38)39/h6-16,28H,5,17H2,1-4H3,(H,38,39)/b26-15+/t28-/m1/s1. The van der Waals surface area contributed by atoms with Gasteiger partial charge in [0.05, 0.1) is 53.3 Å². The van der Waals surface area contributed by atoms with E-state index in [9.17, 15) is 19.5 Å². The number of carbonyl (C=O) groups excluding carboxylic acids is 1. The van der Waals surface area contributed by atoms with E-state index in [0.717, 1.165) is 0 Å². The lowest BCUT2D eigenvalue weighted by Crippen LogP contribution is -2.39. The Morgan fingerprint density at radius 1 is 1.09 bits per heavy atom. The molecule has 45 heavy (non-hydrogen) atoms. The predicted octanol–water partition coefficient (Wildman–Crippen LogP) is 4.75. The number of carbonyl (C=O) groups is 2. The van der Waals surface area contributed by atoms with E-state index < -0.39 is 18.0 Å². The van der Waals surface area contributed by atoms with Gasteiger partial charge >= 0.3 is 11.9 Å². The van der Waals surface area contributed by atoms with Crippen LogP contribution in [0.3, 0.4) is 0 Å². The van der Waals surface area contributed by atoms with Crippen LogP contribution in [0.4, 0.5) is 0 Å². The number of carboxylic acids is 1.